The van der Waals surface area contributed by atoms with Crippen LogP contribution >= 0.6 is 0 Å². The fraction of sp³-hybridized carbons (Fsp3) is 0.500. The number of nitrogens with two attached hydrogens (primary N) is 1. The van der Waals surface area contributed by atoms with Gasteiger partial charge in [-0.25, -0.2) is 4.98 Å². The van der Waals surface area contributed by atoms with Crippen molar-refractivity contribution in [1.29, 1.82) is 0 Å². The minimum atomic E-state index is 0.396. The Morgan fingerprint density at radius 3 is 3.07 bits per heavy atom. The van der Waals surface area contributed by atoms with Gasteiger partial charge in [0.2, 0.25) is 0 Å². The summed E-state index contributed by atoms with van der Waals surface area (Å²) < 4.78 is 5.20. The molecule has 0 unspecified atom stereocenters. The second-order valence-electron chi connectivity index (χ2n) is 3.60. The van der Waals surface area contributed by atoms with Crippen molar-refractivity contribution < 1.29 is 4.74 Å². The third kappa shape index (κ3) is 1.86. The number of aromatic nitrogens is 1. The Morgan fingerprint density at radius 1 is 1.64 bits per heavy atom. The Kier molecular flexibility index (Phi) is 2.65. The molecule has 0 aliphatic carbocycles. The van der Waals surface area contributed by atoms with Crippen molar-refractivity contribution >= 4 is 5.82 Å². The Hall–Kier alpha value is -1.13. The van der Waals surface area contributed by atoms with E-state index in [2.05, 4.69) is 9.88 Å². The number of nitrogens with zero attached hydrogens (tertiary/aromatic N) is 2. The molecule has 1 aliphatic rings. The maximum absolute atomic E-state index is 5.75. The van der Waals surface area contributed by atoms with E-state index in [-0.39, 0.29) is 0 Å². The van der Waals surface area contributed by atoms with Crippen molar-refractivity contribution in [2.75, 3.05) is 25.9 Å². The van der Waals surface area contributed by atoms with Crippen LogP contribution in [0.15, 0.2) is 18.3 Å². The monoisotopic (exact) mass is 193 g/mol. The summed E-state index contributed by atoms with van der Waals surface area (Å²) in [6.07, 6.45) is 2.11. The number of pyridine rings is 1. The lowest BCUT2D eigenvalue weighted by molar-refractivity contribution is -0.0333. The number of hydrogen-bond acceptors (Lipinski definition) is 4. The fourth-order valence-electron chi connectivity index (χ4n) is 1.63. The fourth-order valence-corrected chi connectivity index (χ4v) is 1.63. The van der Waals surface area contributed by atoms with Gasteiger partial charge in [-0.15, -0.1) is 0 Å². The Bertz CT molecular complexity index is 310. The van der Waals surface area contributed by atoms with Gasteiger partial charge in [0, 0.05) is 38.5 Å². The smallest absolute Gasteiger partial charge is 0.127 e. The molecule has 2 rings (SSSR count). The van der Waals surface area contributed by atoms with Gasteiger partial charge < -0.3 is 10.5 Å². The molecule has 1 aliphatic heterocycles. The average molecular weight is 193 g/mol. The van der Waals surface area contributed by atoms with Crippen LogP contribution in [-0.2, 0) is 11.3 Å². The number of hydrogen-bond donors (Lipinski definition) is 1. The highest BCUT2D eigenvalue weighted by molar-refractivity contribution is 5.38. The Labute approximate surface area is 83.7 Å². The van der Waals surface area contributed by atoms with Crippen molar-refractivity contribution in [2.24, 2.45) is 0 Å². The number of ether oxygens (including phenoxy) is 1. The van der Waals surface area contributed by atoms with Gasteiger partial charge in [0.05, 0.1) is 6.10 Å². The van der Waals surface area contributed by atoms with Crippen molar-refractivity contribution in [3.63, 3.8) is 0 Å². The SMILES string of the molecule is COC1CN(Cc2cccnc2N)C1. The van der Waals surface area contributed by atoms with E-state index in [9.17, 15) is 0 Å². The summed E-state index contributed by atoms with van der Waals surface area (Å²) in [4.78, 5) is 6.34. The zero-order valence-electron chi connectivity index (χ0n) is 8.31. The van der Waals surface area contributed by atoms with Gasteiger partial charge in [0.1, 0.15) is 5.82 Å². The lowest BCUT2D eigenvalue weighted by atomic mass is 10.1. The second kappa shape index (κ2) is 3.94. The predicted octanol–water partition coefficient (Wildman–Crippen LogP) is 0.494. The van der Waals surface area contributed by atoms with E-state index in [0.717, 1.165) is 25.2 Å². The van der Waals surface area contributed by atoms with Gasteiger partial charge in [-0.3, -0.25) is 4.90 Å². The van der Waals surface area contributed by atoms with Crippen LogP contribution in [0.5, 0.6) is 0 Å². The molecule has 1 saturated heterocycles. The minimum Gasteiger partial charge on any atom is -0.383 e. The van der Waals surface area contributed by atoms with Crippen LogP contribution in [0.3, 0.4) is 0 Å². The van der Waals surface area contributed by atoms with E-state index in [1.807, 2.05) is 12.1 Å². The summed E-state index contributed by atoms with van der Waals surface area (Å²) in [6, 6.07) is 3.93. The van der Waals surface area contributed by atoms with Gasteiger partial charge in [-0.2, -0.15) is 0 Å². The molecular formula is C10H15N3O. The molecule has 76 valence electrons. The molecule has 4 nitrogen and oxygen atoms in total. The molecule has 4 heteroatoms. The first-order valence-corrected chi connectivity index (χ1v) is 4.74. The minimum absolute atomic E-state index is 0.396. The summed E-state index contributed by atoms with van der Waals surface area (Å²) in [5.74, 6) is 0.633. The quantitative estimate of drug-likeness (QED) is 0.759. The predicted molar refractivity (Wildman–Crippen MR) is 54.7 cm³/mol. The van der Waals surface area contributed by atoms with Gasteiger partial charge in [-0.05, 0) is 6.07 Å². The Morgan fingerprint density at radius 2 is 2.43 bits per heavy atom. The van der Waals surface area contributed by atoms with Crippen LogP contribution in [0.2, 0.25) is 0 Å². The van der Waals surface area contributed by atoms with Crippen molar-refractivity contribution in [1.82, 2.24) is 9.88 Å². The highest BCUT2D eigenvalue weighted by Gasteiger charge is 2.26. The first-order valence-electron chi connectivity index (χ1n) is 4.74. The topological polar surface area (TPSA) is 51.4 Å². The van der Waals surface area contributed by atoms with E-state index >= 15 is 0 Å². The molecule has 0 amide bonds. The molecule has 1 aromatic heterocycles. The van der Waals surface area contributed by atoms with Crippen LogP contribution < -0.4 is 5.73 Å². The molecule has 2 heterocycles. The second-order valence-corrected chi connectivity index (χ2v) is 3.60. The molecule has 0 spiro atoms. The van der Waals surface area contributed by atoms with Crippen molar-refractivity contribution in [2.45, 2.75) is 12.6 Å². The maximum Gasteiger partial charge on any atom is 0.127 e. The normalized spacial score (nSPS) is 18.1. The van der Waals surface area contributed by atoms with Gasteiger partial charge >= 0.3 is 0 Å². The molecule has 0 bridgehead atoms. The van der Waals surface area contributed by atoms with Crippen molar-refractivity contribution in [3.05, 3.63) is 23.9 Å². The first-order chi connectivity index (χ1) is 6.79. The van der Waals surface area contributed by atoms with Gasteiger partial charge in [0.25, 0.3) is 0 Å². The highest BCUT2D eigenvalue weighted by atomic mass is 16.5. The third-order valence-electron chi connectivity index (χ3n) is 2.58. The molecule has 14 heavy (non-hydrogen) atoms. The zero-order valence-corrected chi connectivity index (χ0v) is 8.31. The molecule has 0 radical (unpaired) electrons. The highest BCUT2D eigenvalue weighted by Crippen LogP contribution is 2.17. The number of methoxy groups -OCH3 is 1. The van der Waals surface area contributed by atoms with E-state index in [4.69, 9.17) is 10.5 Å². The maximum atomic E-state index is 5.75. The van der Waals surface area contributed by atoms with E-state index < -0.39 is 0 Å². The van der Waals surface area contributed by atoms with Crippen LogP contribution in [-0.4, -0.2) is 36.2 Å². The van der Waals surface area contributed by atoms with E-state index in [1.165, 1.54) is 0 Å². The standard InChI is InChI=1S/C10H15N3O/c1-14-9-6-13(7-9)5-8-3-2-4-12-10(8)11/h2-4,9H,5-7H2,1H3,(H2,11,12). The summed E-state index contributed by atoms with van der Waals surface area (Å²) in [5.41, 5.74) is 6.84. The molecule has 1 fully saturated rings. The lowest BCUT2D eigenvalue weighted by Crippen LogP contribution is -2.50. The number of nitrogen functional groups attached to an aromatic ring is 1. The van der Waals surface area contributed by atoms with E-state index in [0.29, 0.717) is 11.9 Å². The number of rotatable bonds is 3. The summed E-state index contributed by atoms with van der Waals surface area (Å²) in [6.45, 7) is 2.86. The number of likely N-dealkylation sites (tertiary alicyclic amines) is 1. The van der Waals surface area contributed by atoms with Crippen LogP contribution in [0, 0.1) is 0 Å². The molecule has 1 aromatic rings. The summed E-state index contributed by atoms with van der Waals surface area (Å²) in [5, 5.41) is 0. The van der Waals surface area contributed by atoms with Gasteiger partial charge in [0.15, 0.2) is 0 Å². The zero-order chi connectivity index (χ0) is 9.97. The van der Waals surface area contributed by atoms with E-state index in [1.54, 1.807) is 13.3 Å². The molecule has 0 atom stereocenters. The largest absolute Gasteiger partial charge is 0.383 e. The van der Waals surface area contributed by atoms with Crippen molar-refractivity contribution in [3.8, 4) is 0 Å². The summed E-state index contributed by atoms with van der Waals surface area (Å²) in [7, 11) is 1.75. The van der Waals surface area contributed by atoms with Crippen LogP contribution in [0.25, 0.3) is 0 Å². The van der Waals surface area contributed by atoms with Gasteiger partial charge in [-0.1, -0.05) is 6.07 Å². The summed E-state index contributed by atoms with van der Waals surface area (Å²) >= 11 is 0. The molecule has 0 saturated carbocycles. The average Bonchev–Trinajstić information content (AvgIpc) is 2.13. The first kappa shape index (κ1) is 9.43. The Balaban J connectivity index is 1.90. The number of anilines is 1. The molecule has 0 aromatic carbocycles. The third-order valence-corrected chi connectivity index (χ3v) is 2.58. The van der Waals surface area contributed by atoms with Crippen LogP contribution in [0.1, 0.15) is 5.56 Å². The lowest BCUT2D eigenvalue weighted by Gasteiger charge is -2.38. The van der Waals surface area contributed by atoms with Crippen LogP contribution in [0.4, 0.5) is 5.82 Å². The molecular weight excluding hydrogens is 178 g/mol. The molecule has 2 N–H and O–H groups in total.